The topological polar surface area (TPSA) is 23.9 Å². The van der Waals surface area contributed by atoms with Gasteiger partial charge in [-0.15, -0.1) is 0 Å². The summed E-state index contributed by atoms with van der Waals surface area (Å²) in [5, 5.41) is 6.88. The zero-order valence-electron chi connectivity index (χ0n) is 5.61. The van der Waals surface area contributed by atoms with Gasteiger partial charge < -0.3 is 0 Å². The molecule has 0 aliphatic carbocycles. The van der Waals surface area contributed by atoms with Gasteiger partial charge in [-0.1, -0.05) is 29.3 Å². The van der Waals surface area contributed by atoms with Crippen molar-refractivity contribution in [1.29, 1.82) is 5.41 Å². The van der Waals surface area contributed by atoms with Crippen molar-refractivity contribution in [2.75, 3.05) is 0 Å². The summed E-state index contributed by atoms with van der Waals surface area (Å²) in [6.45, 7) is 3.90. The van der Waals surface area contributed by atoms with Crippen molar-refractivity contribution in [1.82, 2.24) is 0 Å². The van der Waals surface area contributed by atoms with E-state index in [0.717, 1.165) is 5.57 Å². The number of hydrogen-bond donors (Lipinski definition) is 1. The summed E-state index contributed by atoms with van der Waals surface area (Å²) >= 11 is 5.25. The van der Waals surface area contributed by atoms with E-state index in [1.807, 2.05) is 19.9 Å². The van der Waals surface area contributed by atoms with Crippen molar-refractivity contribution in [2.24, 2.45) is 0 Å². The summed E-state index contributed by atoms with van der Waals surface area (Å²) in [5.74, 6) is 0. The fourth-order valence-electron chi connectivity index (χ4n) is 0.301. The van der Waals surface area contributed by atoms with Crippen LogP contribution in [0.1, 0.15) is 13.8 Å². The van der Waals surface area contributed by atoms with E-state index in [2.05, 4.69) is 0 Å². The third kappa shape index (κ3) is 5.31. The van der Waals surface area contributed by atoms with Crippen LogP contribution < -0.4 is 0 Å². The number of allylic oxidation sites excluding steroid dienone is 4. The minimum absolute atomic E-state index is 0.0659. The maximum atomic E-state index is 6.81. The largest absolute Gasteiger partial charge is 0.289 e. The van der Waals surface area contributed by atoms with Gasteiger partial charge in [0.1, 0.15) is 5.17 Å². The number of hydrogen-bond acceptors (Lipinski definition) is 1. The van der Waals surface area contributed by atoms with E-state index in [-0.39, 0.29) is 5.17 Å². The van der Waals surface area contributed by atoms with Gasteiger partial charge >= 0.3 is 0 Å². The molecule has 0 radical (unpaired) electrons. The standard InChI is InChI=1S/C7H10ClN/c1-3-6(2)4-5-7(8)9/h3-5,9H,1-2H3/b5-4-,6-3-,9-7?. The maximum Gasteiger partial charge on any atom is 0.120 e. The first-order chi connectivity index (χ1) is 4.16. The third-order valence-electron chi connectivity index (χ3n) is 0.948. The van der Waals surface area contributed by atoms with Crippen LogP contribution in [0.2, 0.25) is 0 Å². The van der Waals surface area contributed by atoms with Gasteiger partial charge in [-0.3, -0.25) is 5.41 Å². The molecule has 0 aliphatic rings. The molecule has 0 aromatic carbocycles. The summed E-state index contributed by atoms with van der Waals surface area (Å²) in [5.41, 5.74) is 1.11. The molecule has 0 atom stereocenters. The highest BCUT2D eigenvalue weighted by atomic mass is 35.5. The average molecular weight is 144 g/mol. The Morgan fingerprint density at radius 3 is 2.33 bits per heavy atom. The molecule has 9 heavy (non-hydrogen) atoms. The van der Waals surface area contributed by atoms with Gasteiger partial charge in [0, 0.05) is 0 Å². The van der Waals surface area contributed by atoms with Gasteiger partial charge in [0.15, 0.2) is 0 Å². The first-order valence-corrected chi connectivity index (χ1v) is 3.09. The molecule has 0 spiro atoms. The Bertz CT molecular complexity index is 156. The quantitative estimate of drug-likeness (QED) is 0.454. The van der Waals surface area contributed by atoms with E-state index < -0.39 is 0 Å². The molecule has 0 heterocycles. The molecule has 0 bridgehead atoms. The minimum Gasteiger partial charge on any atom is -0.289 e. The Labute approximate surface area is 60.5 Å². The van der Waals surface area contributed by atoms with Crippen LogP contribution in [-0.2, 0) is 0 Å². The Morgan fingerprint density at radius 1 is 1.44 bits per heavy atom. The van der Waals surface area contributed by atoms with E-state index in [0.29, 0.717) is 0 Å². The minimum atomic E-state index is 0.0659. The summed E-state index contributed by atoms with van der Waals surface area (Å²) in [7, 11) is 0. The molecule has 0 saturated heterocycles. The lowest BCUT2D eigenvalue weighted by molar-refractivity contribution is 1.48. The summed E-state index contributed by atoms with van der Waals surface area (Å²) < 4.78 is 0. The van der Waals surface area contributed by atoms with Crippen molar-refractivity contribution in [3.8, 4) is 0 Å². The van der Waals surface area contributed by atoms with Crippen LogP contribution in [0.15, 0.2) is 23.8 Å². The van der Waals surface area contributed by atoms with Crippen LogP contribution in [0.3, 0.4) is 0 Å². The highest BCUT2D eigenvalue weighted by molar-refractivity contribution is 6.67. The molecular weight excluding hydrogens is 134 g/mol. The van der Waals surface area contributed by atoms with Crippen LogP contribution in [-0.4, -0.2) is 5.17 Å². The van der Waals surface area contributed by atoms with E-state index >= 15 is 0 Å². The lowest BCUT2D eigenvalue weighted by Crippen LogP contribution is -1.73. The summed E-state index contributed by atoms with van der Waals surface area (Å²) in [6.07, 6.45) is 5.31. The highest BCUT2D eigenvalue weighted by Gasteiger charge is 1.79. The van der Waals surface area contributed by atoms with Crippen LogP contribution in [0.25, 0.3) is 0 Å². The fraction of sp³-hybridized carbons (Fsp3) is 0.286. The molecule has 0 amide bonds. The van der Waals surface area contributed by atoms with Crippen molar-refractivity contribution >= 4 is 16.8 Å². The first-order valence-electron chi connectivity index (χ1n) is 2.72. The number of nitrogens with one attached hydrogen (secondary N) is 1. The van der Waals surface area contributed by atoms with Gasteiger partial charge in [-0.25, -0.2) is 0 Å². The lowest BCUT2D eigenvalue weighted by atomic mass is 10.3. The molecular formula is C7H10ClN. The van der Waals surface area contributed by atoms with Crippen molar-refractivity contribution in [3.05, 3.63) is 23.8 Å². The van der Waals surface area contributed by atoms with Gasteiger partial charge in [0.2, 0.25) is 0 Å². The zero-order valence-corrected chi connectivity index (χ0v) is 6.37. The van der Waals surface area contributed by atoms with Crippen LogP contribution in [0.5, 0.6) is 0 Å². The predicted molar refractivity (Wildman–Crippen MR) is 42.2 cm³/mol. The van der Waals surface area contributed by atoms with Crippen LogP contribution in [0.4, 0.5) is 0 Å². The molecule has 0 rings (SSSR count). The van der Waals surface area contributed by atoms with Crippen molar-refractivity contribution in [2.45, 2.75) is 13.8 Å². The SMILES string of the molecule is C/C=C(C)\C=C/C(=N)Cl. The monoisotopic (exact) mass is 143 g/mol. The fourth-order valence-corrected chi connectivity index (χ4v) is 0.364. The van der Waals surface area contributed by atoms with Gasteiger partial charge in [-0.2, -0.15) is 0 Å². The van der Waals surface area contributed by atoms with Crippen LogP contribution in [0, 0.1) is 5.41 Å². The molecule has 0 saturated carbocycles. The van der Waals surface area contributed by atoms with E-state index in [1.54, 1.807) is 12.2 Å². The molecule has 0 aromatic heterocycles. The normalized spacial score (nSPS) is 12.6. The molecule has 0 aliphatic heterocycles. The van der Waals surface area contributed by atoms with Gasteiger partial charge in [0.05, 0.1) is 0 Å². The van der Waals surface area contributed by atoms with Crippen LogP contribution >= 0.6 is 11.6 Å². The summed E-state index contributed by atoms with van der Waals surface area (Å²) in [6, 6.07) is 0. The zero-order chi connectivity index (χ0) is 7.28. The number of halogens is 1. The van der Waals surface area contributed by atoms with Crippen molar-refractivity contribution in [3.63, 3.8) is 0 Å². The molecule has 0 aromatic rings. The molecule has 2 heteroatoms. The Kier molecular flexibility index (Phi) is 4.06. The first kappa shape index (κ1) is 8.44. The van der Waals surface area contributed by atoms with Gasteiger partial charge in [-0.05, 0) is 19.9 Å². The lowest BCUT2D eigenvalue weighted by Gasteiger charge is -1.84. The molecule has 1 nitrogen and oxygen atoms in total. The Balaban J connectivity index is 3.86. The van der Waals surface area contributed by atoms with E-state index in [1.165, 1.54) is 0 Å². The second-order valence-corrected chi connectivity index (χ2v) is 2.12. The Hall–Kier alpha value is -0.560. The smallest absolute Gasteiger partial charge is 0.120 e. The Morgan fingerprint density at radius 2 is 2.00 bits per heavy atom. The van der Waals surface area contributed by atoms with E-state index in [9.17, 15) is 0 Å². The number of rotatable bonds is 2. The maximum absolute atomic E-state index is 6.81. The van der Waals surface area contributed by atoms with E-state index in [4.69, 9.17) is 17.0 Å². The summed E-state index contributed by atoms with van der Waals surface area (Å²) in [4.78, 5) is 0. The highest BCUT2D eigenvalue weighted by Crippen LogP contribution is 1.94. The second kappa shape index (κ2) is 4.33. The molecule has 0 unspecified atom stereocenters. The molecule has 1 N–H and O–H groups in total. The molecule has 0 fully saturated rings. The predicted octanol–water partition coefficient (Wildman–Crippen LogP) is 2.72. The van der Waals surface area contributed by atoms with Crippen molar-refractivity contribution < 1.29 is 0 Å². The molecule has 50 valence electrons. The van der Waals surface area contributed by atoms with Gasteiger partial charge in [0.25, 0.3) is 0 Å². The second-order valence-electron chi connectivity index (χ2n) is 1.71. The average Bonchev–Trinajstić information content (AvgIpc) is 1.83. The third-order valence-corrected chi connectivity index (χ3v) is 1.07.